The van der Waals surface area contributed by atoms with Gasteiger partial charge in [0.25, 0.3) is 0 Å². The quantitative estimate of drug-likeness (QED) is 0.777. The number of nitrogens with zero attached hydrogens (tertiary/aromatic N) is 1. The molecule has 1 saturated heterocycles. The second-order valence-electron chi connectivity index (χ2n) is 5.23. The van der Waals surface area contributed by atoms with Crippen molar-refractivity contribution in [2.45, 2.75) is 24.6 Å². The average Bonchev–Trinajstić information content (AvgIpc) is 2.46. The highest BCUT2D eigenvalue weighted by Gasteiger charge is 2.32. The van der Waals surface area contributed by atoms with Crippen molar-refractivity contribution in [2.24, 2.45) is 5.73 Å². The van der Waals surface area contributed by atoms with Crippen molar-refractivity contribution in [3.05, 3.63) is 35.9 Å². The summed E-state index contributed by atoms with van der Waals surface area (Å²) in [6, 6.07) is 8.81. The predicted molar refractivity (Wildman–Crippen MR) is 80.9 cm³/mol. The zero-order chi connectivity index (χ0) is 15.3. The fraction of sp³-hybridized carbons (Fsp3) is 0.500. The van der Waals surface area contributed by atoms with Crippen molar-refractivity contribution < 1.29 is 13.2 Å². The van der Waals surface area contributed by atoms with Crippen LogP contribution in [0.3, 0.4) is 0 Å². The molecular formula is C14H21N3O3S. The Kier molecular flexibility index (Phi) is 5.33. The van der Waals surface area contributed by atoms with Gasteiger partial charge in [-0.1, -0.05) is 30.3 Å². The maximum atomic E-state index is 12.6. The number of carbonyl (C=O) groups excluding carboxylic acids is 1. The first-order valence-electron chi connectivity index (χ1n) is 7.01. The highest BCUT2D eigenvalue weighted by molar-refractivity contribution is 7.88. The van der Waals surface area contributed by atoms with E-state index in [0.29, 0.717) is 18.4 Å². The highest BCUT2D eigenvalue weighted by atomic mass is 32.2. The van der Waals surface area contributed by atoms with Gasteiger partial charge in [0.2, 0.25) is 15.9 Å². The van der Waals surface area contributed by atoms with Crippen LogP contribution in [0.2, 0.25) is 0 Å². The number of rotatable bonds is 6. The Labute approximate surface area is 125 Å². The smallest absolute Gasteiger partial charge is 0.232 e. The minimum absolute atomic E-state index is 0.106. The summed E-state index contributed by atoms with van der Waals surface area (Å²) in [6.07, 6.45) is 1.39. The summed E-state index contributed by atoms with van der Waals surface area (Å²) in [5, 5.41) is 3.19. The van der Waals surface area contributed by atoms with Crippen LogP contribution >= 0.6 is 0 Å². The SMILES string of the molecule is NC(=O)CN(C1CCNCC1)S(=O)(=O)Cc1ccccc1. The minimum Gasteiger partial charge on any atom is -0.369 e. The third-order valence-corrected chi connectivity index (χ3v) is 5.42. The first kappa shape index (κ1) is 15.9. The molecule has 1 heterocycles. The van der Waals surface area contributed by atoms with Crippen molar-refractivity contribution in [3.63, 3.8) is 0 Å². The van der Waals surface area contributed by atoms with Crippen LogP contribution in [0.25, 0.3) is 0 Å². The number of primary amides is 1. The number of benzene rings is 1. The number of nitrogens with one attached hydrogen (secondary N) is 1. The van der Waals surface area contributed by atoms with Gasteiger partial charge >= 0.3 is 0 Å². The van der Waals surface area contributed by atoms with E-state index in [9.17, 15) is 13.2 Å². The summed E-state index contributed by atoms with van der Waals surface area (Å²) in [6.45, 7) is 1.25. The monoisotopic (exact) mass is 311 g/mol. The molecule has 0 radical (unpaired) electrons. The molecule has 0 spiro atoms. The molecule has 0 bridgehead atoms. The number of piperidine rings is 1. The molecule has 21 heavy (non-hydrogen) atoms. The van der Waals surface area contributed by atoms with Gasteiger partial charge in [-0.15, -0.1) is 0 Å². The van der Waals surface area contributed by atoms with Crippen LogP contribution in [0.1, 0.15) is 18.4 Å². The molecule has 0 unspecified atom stereocenters. The van der Waals surface area contributed by atoms with Gasteiger partial charge < -0.3 is 11.1 Å². The van der Waals surface area contributed by atoms with Crippen molar-refractivity contribution in [1.29, 1.82) is 0 Å². The van der Waals surface area contributed by atoms with E-state index in [-0.39, 0.29) is 18.3 Å². The van der Waals surface area contributed by atoms with Gasteiger partial charge in [-0.05, 0) is 31.5 Å². The first-order chi connectivity index (χ1) is 9.99. The van der Waals surface area contributed by atoms with Crippen LogP contribution in [0.15, 0.2) is 30.3 Å². The normalized spacial score (nSPS) is 17.0. The number of hydrogen-bond donors (Lipinski definition) is 2. The maximum Gasteiger partial charge on any atom is 0.232 e. The summed E-state index contributed by atoms with van der Waals surface area (Å²) >= 11 is 0. The molecule has 1 amide bonds. The fourth-order valence-corrected chi connectivity index (χ4v) is 4.34. The second-order valence-corrected chi connectivity index (χ2v) is 7.16. The summed E-state index contributed by atoms with van der Waals surface area (Å²) < 4.78 is 26.5. The van der Waals surface area contributed by atoms with E-state index in [1.807, 2.05) is 6.07 Å². The Balaban J connectivity index is 2.19. The molecule has 6 nitrogen and oxygen atoms in total. The van der Waals surface area contributed by atoms with Crippen molar-refractivity contribution in [2.75, 3.05) is 19.6 Å². The summed E-state index contributed by atoms with van der Waals surface area (Å²) in [5.41, 5.74) is 5.94. The lowest BCUT2D eigenvalue weighted by Gasteiger charge is -2.33. The average molecular weight is 311 g/mol. The van der Waals surface area contributed by atoms with Crippen LogP contribution < -0.4 is 11.1 Å². The minimum atomic E-state index is -3.57. The van der Waals surface area contributed by atoms with Gasteiger partial charge in [-0.25, -0.2) is 8.42 Å². The van der Waals surface area contributed by atoms with Crippen LogP contribution in [0.5, 0.6) is 0 Å². The number of nitrogens with two attached hydrogens (primary N) is 1. The van der Waals surface area contributed by atoms with E-state index in [1.54, 1.807) is 24.3 Å². The molecule has 1 aliphatic heterocycles. The van der Waals surface area contributed by atoms with Gasteiger partial charge in [-0.3, -0.25) is 4.79 Å². The van der Waals surface area contributed by atoms with Crippen molar-refractivity contribution in [3.8, 4) is 0 Å². The largest absolute Gasteiger partial charge is 0.369 e. The summed E-state index contributed by atoms with van der Waals surface area (Å²) in [5.74, 6) is -0.726. The number of amides is 1. The lowest BCUT2D eigenvalue weighted by atomic mass is 10.1. The molecule has 1 fully saturated rings. The van der Waals surface area contributed by atoms with Crippen molar-refractivity contribution >= 4 is 15.9 Å². The molecule has 7 heteroatoms. The van der Waals surface area contributed by atoms with Gasteiger partial charge in [0.1, 0.15) is 0 Å². The Morgan fingerprint density at radius 1 is 1.24 bits per heavy atom. The van der Waals surface area contributed by atoms with Gasteiger partial charge in [0.05, 0.1) is 12.3 Å². The molecule has 0 saturated carbocycles. The Morgan fingerprint density at radius 3 is 2.43 bits per heavy atom. The molecule has 0 aromatic heterocycles. The topological polar surface area (TPSA) is 92.5 Å². The lowest BCUT2D eigenvalue weighted by molar-refractivity contribution is -0.118. The standard InChI is InChI=1S/C14H21N3O3S/c15-14(18)10-17(13-6-8-16-9-7-13)21(19,20)11-12-4-2-1-3-5-12/h1-5,13,16H,6-11H2,(H2,15,18). The van der Waals surface area contributed by atoms with Gasteiger partial charge in [0, 0.05) is 6.04 Å². The first-order valence-corrected chi connectivity index (χ1v) is 8.62. The summed E-state index contributed by atoms with van der Waals surface area (Å²) in [4.78, 5) is 11.3. The molecule has 116 valence electrons. The summed E-state index contributed by atoms with van der Waals surface area (Å²) in [7, 11) is -3.57. The van der Waals surface area contributed by atoms with Crippen molar-refractivity contribution in [1.82, 2.24) is 9.62 Å². The van der Waals surface area contributed by atoms with E-state index in [2.05, 4.69) is 5.32 Å². The molecule has 2 rings (SSSR count). The van der Waals surface area contributed by atoms with Crippen LogP contribution in [0.4, 0.5) is 0 Å². The van der Waals surface area contributed by atoms with Crippen LogP contribution in [-0.2, 0) is 20.6 Å². The zero-order valence-corrected chi connectivity index (χ0v) is 12.7. The molecule has 3 N–H and O–H groups in total. The maximum absolute atomic E-state index is 12.6. The van der Waals surface area contributed by atoms with Gasteiger partial charge in [0.15, 0.2) is 0 Å². The van der Waals surface area contributed by atoms with E-state index >= 15 is 0 Å². The molecule has 1 aliphatic rings. The molecular weight excluding hydrogens is 290 g/mol. The lowest BCUT2D eigenvalue weighted by Crippen LogP contribution is -2.49. The predicted octanol–water partition coefficient (Wildman–Crippen LogP) is 0.0557. The number of sulfonamides is 1. The van der Waals surface area contributed by atoms with Gasteiger partial charge in [-0.2, -0.15) is 4.31 Å². The highest BCUT2D eigenvalue weighted by Crippen LogP contribution is 2.19. The van der Waals surface area contributed by atoms with E-state index < -0.39 is 15.9 Å². The van der Waals surface area contributed by atoms with E-state index in [0.717, 1.165) is 13.1 Å². The second kappa shape index (κ2) is 7.02. The molecule has 1 aromatic rings. The third-order valence-electron chi connectivity index (χ3n) is 3.58. The third kappa shape index (κ3) is 4.52. The Bertz CT molecular complexity index is 568. The van der Waals surface area contributed by atoms with Crippen LogP contribution in [0, 0.1) is 0 Å². The van der Waals surface area contributed by atoms with Crippen LogP contribution in [-0.4, -0.2) is 44.3 Å². The number of hydrogen-bond acceptors (Lipinski definition) is 4. The van der Waals surface area contributed by atoms with E-state index in [1.165, 1.54) is 4.31 Å². The Hall–Kier alpha value is -1.44. The van der Waals surface area contributed by atoms with E-state index in [4.69, 9.17) is 5.73 Å². The molecule has 1 aromatic carbocycles. The number of carbonyl (C=O) groups is 1. The molecule has 0 aliphatic carbocycles. The zero-order valence-electron chi connectivity index (χ0n) is 11.9. The Morgan fingerprint density at radius 2 is 1.86 bits per heavy atom. The fourth-order valence-electron chi connectivity index (χ4n) is 2.57. The molecule has 0 atom stereocenters.